The van der Waals surface area contributed by atoms with Gasteiger partial charge in [-0.25, -0.2) is 4.79 Å². The lowest BCUT2D eigenvalue weighted by Gasteiger charge is -2.35. The summed E-state index contributed by atoms with van der Waals surface area (Å²) in [7, 11) is 1.57. The first-order valence-electron chi connectivity index (χ1n) is 9.87. The molecule has 1 N–H and O–H groups in total. The zero-order valence-corrected chi connectivity index (χ0v) is 17.0. The number of carbonyl (C=O) groups is 3. The van der Waals surface area contributed by atoms with Gasteiger partial charge in [0.1, 0.15) is 17.8 Å². The lowest BCUT2D eigenvalue weighted by Crippen LogP contribution is -2.49. The highest BCUT2D eigenvalue weighted by atomic mass is 16.5. The van der Waals surface area contributed by atoms with Gasteiger partial charge < -0.3 is 15.0 Å². The van der Waals surface area contributed by atoms with Crippen molar-refractivity contribution in [3.05, 3.63) is 29.8 Å². The van der Waals surface area contributed by atoms with Crippen molar-refractivity contribution in [2.45, 2.75) is 39.2 Å². The van der Waals surface area contributed by atoms with E-state index in [1.807, 2.05) is 6.92 Å². The third kappa shape index (κ3) is 3.57. The van der Waals surface area contributed by atoms with Crippen molar-refractivity contribution in [1.29, 1.82) is 0 Å². The second-order valence-corrected chi connectivity index (χ2v) is 8.05. The summed E-state index contributed by atoms with van der Waals surface area (Å²) in [5.74, 6) is 0.960. The van der Waals surface area contributed by atoms with Crippen LogP contribution in [-0.2, 0) is 15.1 Å². The lowest BCUT2D eigenvalue weighted by atomic mass is 9.87. The Labute approximate surface area is 166 Å². The van der Waals surface area contributed by atoms with E-state index in [-0.39, 0.29) is 18.4 Å². The topological polar surface area (TPSA) is 79.0 Å². The molecule has 152 valence electrons. The zero-order valence-electron chi connectivity index (χ0n) is 17.0. The van der Waals surface area contributed by atoms with Crippen LogP contribution in [0, 0.1) is 11.8 Å². The number of hydrogen-bond acceptors (Lipinski definition) is 4. The number of benzene rings is 1. The summed E-state index contributed by atoms with van der Waals surface area (Å²) >= 11 is 0. The van der Waals surface area contributed by atoms with Crippen LogP contribution < -0.4 is 10.1 Å². The van der Waals surface area contributed by atoms with E-state index in [4.69, 9.17) is 4.74 Å². The molecule has 0 spiro atoms. The van der Waals surface area contributed by atoms with E-state index >= 15 is 0 Å². The highest BCUT2D eigenvalue weighted by Crippen LogP contribution is 2.33. The Balaban J connectivity index is 1.79. The maximum absolute atomic E-state index is 13.2. The van der Waals surface area contributed by atoms with Crippen LogP contribution in [0.5, 0.6) is 5.75 Å². The van der Waals surface area contributed by atoms with Gasteiger partial charge in [0.05, 0.1) is 7.11 Å². The van der Waals surface area contributed by atoms with Crippen molar-refractivity contribution in [2.75, 3.05) is 26.7 Å². The van der Waals surface area contributed by atoms with Gasteiger partial charge in [-0.05, 0) is 42.4 Å². The molecular weight excluding hydrogens is 358 g/mol. The van der Waals surface area contributed by atoms with Crippen molar-refractivity contribution in [3.8, 4) is 5.75 Å². The maximum atomic E-state index is 13.2. The van der Waals surface area contributed by atoms with E-state index in [0.29, 0.717) is 42.7 Å². The fraction of sp³-hybridized carbons (Fsp3) is 0.571. The third-order valence-electron chi connectivity index (χ3n) is 5.80. The molecule has 28 heavy (non-hydrogen) atoms. The number of methoxy groups -OCH3 is 1. The number of imide groups is 1. The van der Waals surface area contributed by atoms with Crippen LogP contribution in [0.4, 0.5) is 4.79 Å². The molecule has 7 heteroatoms. The summed E-state index contributed by atoms with van der Waals surface area (Å²) in [5, 5.41) is 2.82. The average Bonchev–Trinajstić information content (AvgIpc) is 2.92. The summed E-state index contributed by atoms with van der Waals surface area (Å²) in [4.78, 5) is 41.4. The predicted molar refractivity (Wildman–Crippen MR) is 105 cm³/mol. The largest absolute Gasteiger partial charge is 0.497 e. The number of hydrogen-bond donors (Lipinski definition) is 1. The van der Waals surface area contributed by atoms with Crippen LogP contribution in [0.15, 0.2) is 24.3 Å². The first kappa shape index (κ1) is 20.2. The van der Waals surface area contributed by atoms with Gasteiger partial charge in [0.2, 0.25) is 5.91 Å². The first-order chi connectivity index (χ1) is 13.3. The van der Waals surface area contributed by atoms with Crippen molar-refractivity contribution in [3.63, 3.8) is 0 Å². The first-order valence-corrected chi connectivity index (χ1v) is 9.87. The third-order valence-corrected chi connectivity index (χ3v) is 5.80. The molecule has 4 amide bonds. The molecule has 7 nitrogen and oxygen atoms in total. The van der Waals surface area contributed by atoms with Gasteiger partial charge in [-0.3, -0.25) is 14.5 Å². The summed E-state index contributed by atoms with van der Waals surface area (Å²) in [6.45, 7) is 7.21. The monoisotopic (exact) mass is 387 g/mol. The second-order valence-electron chi connectivity index (χ2n) is 8.05. The van der Waals surface area contributed by atoms with Gasteiger partial charge in [-0.1, -0.05) is 32.9 Å². The summed E-state index contributed by atoms with van der Waals surface area (Å²) in [6.07, 6.45) is 1.48. The Morgan fingerprint density at radius 3 is 2.32 bits per heavy atom. The second kappa shape index (κ2) is 7.81. The van der Waals surface area contributed by atoms with E-state index in [0.717, 1.165) is 11.3 Å². The minimum Gasteiger partial charge on any atom is -0.497 e. The molecule has 2 fully saturated rings. The molecule has 0 radical (unpaired) electrons. The molecule has 0 aliphatic carbocycles. The number of piperidine rings is 1. The Morgan fingerprint density at radius 1 is 1.18 bits per heavy atom. The van der Waals surface area contributed by atoms with Crippen molar-refractivity contribution < 1.29 is 19.1 Å². The molecule has 0 bridgehead atoms. The van der Waals surface area contributed by atoms with Crippen LogP contribution in [0.3, 0.4) is 0 Å². The van der Waals surface area contributed by atoms with E-state index in [1.54, 1.807) is 36.3 Å². The molecule has 0 unspecified atom stereocenters. The maximum Gasteiger partial charge on any atom is 0.325 e. The fourth-order valence-corrected chi connectivity index (χ4v) is 4.39. The summed E-state index contributed by atoms with van der Waals surface area (Å²) < 4.78 is 5.17. The van der Waals surface area contributed by atoms with Crippen LogP contribution >= 0.6 is 0 Å². The highest BCUT2D eigenvalue weighted by Gasteiger charge is 2.52. The molecule has 1 aromatic carbocycles. The normalized spacial score (nSPS) is 27.7. The molecular formula is C21H29N3O4. The minimum atomic E-state index is -1.15. The van der Waals surface area contributed by atoms with Gasteiger partial charge in [0.15, 0.2) is 0 Å². The van der Waals surface area contributed by atoms with E-state index < -0.39 is 11.6 Å². The standard InChI is InChI=1S/C21H29N3O4/c1-5-21(16-6-8-17(28-4)9-7-16)19(26)24(20(27)22-21)13-18(25)23-11-14(2)10-15(3)12-23/h6-9,14-15H,5,10-13H2,1-4H3,(H,22,27)/t14-,15-,21-/m0/s1. The zero-order chi connectivity index (χ0) is 20.5. The van der Waals surface area contributed by atoms with E-state index in [2.05, 4.69) is 19.2 Å². The van der Waals surface area contributed by atoms with Crippen LogP contribution in [0.2, 0.25) is 0 Å². The van der Waals surface area contributed by atoms with Crippen LogP contribution in [-0.4, -0.2) is 54.4 Å². The molecule has 0 aromatic heterocycles. The number of nitrogens with zero attached hydrogens (tertiary/aromatic N) is 2. The number of carbonyl (C=O) groups excluding carboxylic acids is 3. The van der Waals surface area contributed by atoms with E-state index in [1.165, 1.54) is 0 Å². The Kier molecular flexibility index (Phi) is 5.63. The molecule has 2 aliphatic heterocycles. The molecule has 0 saturated carbocycles. The van der Waals surface area contributed by atoms with Gasteiger partial charge in [-0.15, -0.1) is 0 Å². The van der Waals surface area contributed by atoms with Crippen LogP contribution in [0.25, 0.3) is 0 Å². The number of amides is 4. The summed E-state index contributed by atoms with van der Waals surface area (Å²) in [5.41, 5.74) is -0.462. The molecule has 2 saturated heterocycles. The molecule has 2 aliphatic rings. The van der Waals surface area contributed by atoms with Crippen molar-refractivity contribution in [1.82, 2.24) is 15.1 Å². The number of rotatable bonds is 5. The van der Waals surface area contributed by atoms with Crippen molar-refractivity contribution >= 4 is 17.8 Å². The minimum absolute atomic E-state index is 0.177. The van der Waals surface area contributed by atoms with Gasteiger partial charge in [0, 0.05) is 13.1 Å². The summed E-state index contributed by atoms with van der Waals surface area (Å²) in [6, 6.07) is 6.56. The Hall–Kier alpha value is -2.57. The van der Waals surface area contributed by atoms with Gasteiger partial charge in [0.25, 0.3) is 5.91 Å². The SMILES string of the molecule is CC[C@@]1(c2ccc(OC)cc2)NC(=O)N(CC(=O)N2C[C@@H](C)C[C@H](C)C2)C1=O. The quantitative estimate of drug-likeness (QED) is 0.787. The average molecular weight is 387 g/mol. The molecule has 3 atom stereocenters. The van der Waals surface area contributed by atoms with Crippen LogP contribution in [0.1, 0.15) is 39.2 Å². The molecule has 3 rings (SSSR count). The number of likely N-dealkylation sites (tertiary alicyclic amines) is 1. The van der Waals surface area contributed by atoms with Gasteiger partial charge in [-0.2, -0.15) is 0 Å². The Morgan fingerprint density at radius 2 is 1.79 bits per heavy atom. The highest BCUT2D eigenvalue weighted by molar-refractivity contribution is 6.09. The van der Waals surface area contributed by atoms with Crippen molar-refractivity contribution in [2.24, 2.45) is 11.8 Å². The van der Waals surface area contributed by atoms with Gasteiger partial charge >= 0.3 is 6.03 Å². The molecule has 2 heterocycles. The number of ether oxygens (including phenoxy) is 1. The van der Waals surface area contributed by atoms with E-state index in [9.17, 15) is 14.4 Å². The number of urea groups is 1. The Bertz CT molecular complexity index is 753. The molecule has 1 aromatic rings. The lowest BCUT2D eigenvalue weighted by molar-refractivity contribution is -0.140. The fourth-order valence-electron chi connectivity index (χ4n) is 4.39. The predicted octanol–water partition coefficient (Wildman–Crippen LogP) is 2.36. The smallest absolute Gasteiger partial charge is 0.325 e. The number of nitrogens with one attached hydrogen (secondary N) is 1.